The number of nitrogens with one attached hydrogen (secondary N) is 1. The summed E-state index contributed by atoms with van der Waals surface area (Å²) in [6.07, 6.45) is 3.85. The van der Waals surface area contributed by atoms with Crippen LogP contribution < -0.4 is 10.1 Å². The molecule has 3 heteroatoms. The van der Waals surface area contributed by atoms with E-state index in [4.69, 9.17) is 4.74 Å². The molecule has 3 nitrogen and oxygen atoms in total. The van der Waals surface area contributed by atoms with Gasteiger partial charge in [0.05, 0.1) is 7.11 Å². The number of methoxy groups -OCH3 is 1. The number of ether oxygens (including phenoxy) is 1. The molecule has 0 spiro atoms. The zero-order valence-electron chi connectivity index (χ0n) is 9.54. The predicted molar refractivity (Wildman–Crippen MR) is 63.1 cm³/mol. The lowest BCUT2D eigenvalue weighted by Gasteiger charge is -2.17. The number of amides is 1. The quantitative estimate of drug-likeness (QED) is 0.824. The van der Waals surface area contributed by atoms with Gasteiger partial charge in [0.15, 0.2) is 0 Å². The van der Waals surface area contributed by atoms with E-state index in [2.05, 4.69) is 11.4 Å². The molecule has 1 aromatic carbocycles. The van der Waals surface area contributed by atoms with Crippen molar-refractivity contribution in [1.82, 2.24) is 5.32 Å². The number of rotatable bonds is 2. The molecular weight excluding hydrogens is 202 g/mol. The Kier molecular flexibility index (Phi) is 2.95. The minimum absolute atomic E-state index is 0.0109. The van der Waals surface area contributed by atoms with Gasteiger partial charge < -0.3 is 10.1 Å². The highest BCUT2D eigenvalue weighted by Crippen LogP contribution is 2.26. The van der Waals surface area contributed by atoms with Crippen LogP contribution in [-0.4, -0.2) is 13.0 Å². The van der Waals surface area contributed by atoms with Crippen LogP contribution in [-0.2, 0) is 11.2 Å². The van der Waals surface area contributed by atoms with E-state index in [0.29, 0.717) is 0 Å². The second kappa shape index (κ2) is 4.39. The monoisotopic (exact) mass is 217 g/mol. The third-order valence-electron chi connectivity index (χ3n) is 2.68. The minimum Gasteiger partial charge on any atom is -0.497 e. The lowest BCUT2D eigenvalue weighted by atomic mass is 9.95. The van der Waals surface area contributed by atoms with E-state index in [1.165, 1.54) is 12.5 Å². The molecule has 0 saturated heterocycles. The van der Waals surface area contributed by atoms with Crippen LogP contribution >= 0.6 is 0 Å². The topological polar surface area (TPSA) is 38.3 Å². The second-order valence-corrected chi connectivity index (χ2v) is 3.92. The normalized spacial score (nSPS) is 13.8. The maximum Gasteiger partial charge on any atom is 0.220 e. The number of benzene rings is 1. The Morgan fingerprint density at radius 1 is 1.38 bits per heavy atom. The molecule has 16 heavy (non-hydrogen) atoms. The maximum atomic E-state index is 11.0. The molecule has 1 aromatic rings. The molecule has 0 radical (unpaired) electrons. The average molecular weight is 217 g/mol. The van der Waals surface area contributed by atoms with Gasteiger partial charge in [-0.05, 0) is 42.2 Å². The Bertz CT molecular complexity index is 449. The summed E-state index contributed by atoms with van der Waals surface area (Å²) in [6, 6.07) is 6.01. The summed E-state index contributed by atoms with van der Waals surface area (Å²) in [5.41, 5.74) is 3.43. The Hall–Kier alpha value is -1.77. The smallest absolute Gasteiger partial charge is 0.220 e. The molecule has 84 valence electrons. The molecule has 1 aliphatic rings. The highest BCUT2D eigenvalue weighted by Gasteiger charge is 2.11. The Morgan fingerprint density at radius 3 is 2.88 bits per heavy atom. The fraction of sp³-hybridized carbons (Fsp3) is 0.308. The average Bonchev–Trinajstić information content (AvgIpc) is 2.27. The van der Waals surface area contributed by atoms with Crippen molar-refractivity contribution in [3.63, 3.8) is 0 Å². The second-order valence-electron chi connectivity index (χ2n) is 3.92. The lowest BCUT2D eigenvalue weighted by molar-refractivity contribution is -0.118. The van der Waals surface area contributed by atoms with Crippen molar-refractivity contribution in [1.29, 1.82) is 0 Å². The summed E-state index contributed by atoms with van der Waals surface area (Å²) in [6.45, 7) is 1.53. The zero-order chi connectivity index (χ0) is 11.5. The number of hydrogen-bond acceptors (Lipinski definition) is 2. The largest absolute Gasteiger partial charge is 0.497 e. The first-order valence-electron chi connectivity index (χ1n) is 5.34. The van der Waals surface area contributed by atoms with Gasteiger partial charge in [-0.15, -0.1) is 0 Å². The van der Waals surface area contributed by atoms with Crippen molar-refractivity contribution in [2.45, 2.75) is 19.8 Å². The van der Waals surface area contributed by atoms with E-state index in [-0.39, 0.29) is 5.91 Å². The van der Waals surface area contributed by atoms with Gasteiger partial charge in [-0.1, -0.05) is 6.07 Å². The highest BCUT2D eigenvalue weighted by atomic mass is 16.5. The maximum absolute atomic E-state index is 11.0. The summed E-state index contributed by atoms with van der Waals surface area (Å²) in [5.74, 6) is 0.873. The van der Waals surface area contributed by atoms with E-state index in [9.17, 15) is 4.79 Å². The molecule has 2 rings (SSSR count). The van der Waals surface area contributed by atoms with Crippen molar-refractivity contribution in [2.24, 2.45) is 0 Å². The van der Waals surface area contributed by atoms with Gasteiger partial charge in [-0.2, -0.15) is 0 Å². The molecule has 0 aliphatic heterocycles. The summed E-state index contributed by atoms with van der Waals surface area (Å²) in [7, 11) is 1.67. The van der Waals surface area contributed by atoms with Gasteiger partial charge >= 0.3 is 0 Å². The van der Waals surface area contributed by atoms with Gasteiger partial charge in [0.2, 0.25) is 5.91 Å². The van der Waals surface area contributed by atoms with Crippen LogP contribution in [0.15, 0.2) is 23.9 Å². The van der Waals surface area contributed by atoms with Crippen molar-refractivity contribution >= 4 is 12.0 Å². The van der Waals surface area contributed by atoms with Gasteiger partial charge in [0.25, 0.3) is 0 Å². The summed E-state index contributed by atoms with van der Waals surface area (Å²) in [4.78, 5) is 11.0. The first-order valence-corrected chi connectivity index (χ1v) is 5.34. The Morgan fingerprint density at radius 2 is 2.19 bits per heavy atom. The SMILES string of the molecule is COc1ccc2c(c1)CCC(NC(C)=O)=C2. The van der Waals surface area contributed by atoms with E-state index in [1.807, 2.05) is 18.2 Å². The fourth-order valence-corrected chi connectivity index (χ4v) is 1.92. The van der Waals surface area contributed by atoms with Crippen molar-refractivity contribution in [3.8, 4) is 5.75 Å². The van der Waals surface area contributed by atoms with Crippen molar-refractivity contribution in [2.75, 3.05) is 7.11 Å². The molecule has 0 atom stereocenters. The van der Waals surface area contributed by atoms with Crippen molar-refractivity contribution in [3.05, 3.63) is 35.0 Å². The van der Waals surface area contributed by atoms with Crippen molar-refractivity contribution < 1.29 is 9.53 Å². The molecule has 0 fully saturated rings. The van der Waals surface area contributed by atoms with Crippen LogP contribution in [0.5, 0.6) is 5.75 Å². The minimum atomic E-state index is -0.0109. The van der Waals surface area contributed by atoms with E-state index >= 15 is 0 Å². The van der Waals surface area contributed by atoms with Gasteiger partial charge in [0, 0.05) is 12.6 Å². The van der Waals surface area contributed by atoms with Crippen LogP contribution in [0.1, 0.15) is 24.5 Å². The highest BCUT2D eigenvalue weighted by molar-refractivity contribution is 5.77. The molecule has 1 amide bonds. The van der Waals surface area contributed by atoms with Crippen LogP contribution in [0.3, 0.4) is 0 Å². The van der Waals surface area contributed by atoms with Gasteiger partial charge in [-0.3, -0.25) is 4.79 Å². The molecule has 0 unspecified atom stereocenters. The molecular formula is C13H15NO2. The third kappa shape index (κ3) is 2.24. The molecule has 0 bridgehead atoms. The standard InChI is InChI=1S/C13H15NO2/c1-9(15)14-12-5-3-11-8-13(16-2)6-4-10(11)7-12/h4,6-8H,3,5H2,1-2H3,(H,14,15). The summed E-state index contributed by atoms with van der Waals surface area (Å²) in [5, 5.41) is 2.84. The zero-order valence-corrected chi connectivity index (χ0v) is 9.54. The first kappa shape index (κ1) is 10.7. The Labute approximate surface area is 95.1 Å². The number of hydrogen-bond donors (Lipinski definition) is 1. The molecule has 0 heterocycles. The first-order chi connectivity index (χ1) is 7.69. The van der Waals surface area contributed by atoms with E-state index < -0.39 is 0 Å². The predicted octanol–water partition coefficient (Wildman–Crippen LogP) is 2.12. The number of fused-ring (bicyclic) bond motifs is 1. The van der Waals surface area contributed by atoms with Crippen LogP contribution in [0, 0.1) is 0 Å². The summed E-state index contributed by atoms with van der Waals surface area (Å²) >= 11 is 0. The molecule has 1 aliphatic carbocycles. The lowest BCUT2D eigenvalue weighted by Crippen LogP contribution is -2.21. The molecule has 0 aromatic heterocycles. The van der Waals surface area contributed by atoms with Crippen LogP contribution in [0.25, 0.3) is 6.08 Å². The third-order valence-corrected chi connectivity index (χ3v) is 2.68. The van der Waals surface area contributed by atoms with Gasteiger partial charge in [0.1, 0.15) is 5.75 Å². The van der Waals surface area contributed by atoms with Crippen LogP contribution in [0.4, 0.5) is 0 Å². The number of allylic oxidation sites excluding steroid dienone is 1. The van der Waals surface area contributed by atoms with Gasteiger partial charge in [-0.25, -0.2) is 0 Å². The molecule has 0 saturated carbocycles. The number of aryl methyl sites for hydroxylation is 1. The Balaban J connectivity index is 2.27. The number of carbonyl (C=O) groups is 1. The fourth-order valence-electron chi connectivity index (χ4n) is 1.92. The molecule has 1 N–H and O–H groups in total. The van der Waals surface area contributed by atoms with Crippen LogP contribution in [0.2, 0.25) is 0 Å². The number of carbonyl (C=O) groups excluding carboxylic acids is 1. The van der Waals surface area contributed by atoms with E-state index in [0.717, 1.165) is 29.9 Å². The van der Waals surface area contributed by atoms with E-state index in [1.54, 1.807) is 7.11 Å². The summed E-state index contributed by atoms with van der Waals surface area (Å²) < 4.78 is 5.18.